The van der Waals surface area contributed by atoms with Gasteiger partial charge in [0.2, 0.25) is 6.79 Å². The van der Waals surface area contributed by atoms with Crippen molar-refractivity contribution in [2.75, 3.05) is 13.4 Å². The van der Waals surface area contributed by atoms with Gasteiger partial charge in [-0.1, -0.05) is 31.1 Å². The van der Waals surface area contributed by atoms with Crippen molar-refractivity contribution in [3.8, 4) is 17.2 Å². The summed E-state index contributed by atoms with van der Waals surface area (Å²) in [5.74, 6) is 3.09. The molecule has 126 valence electrons. The third-order valence-corrected chi connectivity index (χ3v) is 3.79. The monoisotopic (exact) mass is 316 g/mol. The van der Waals surface area contributed by atoms with Gasteiger partial charge in [-0.3, -0.25) is 0 Å². The highest BCUT2D eigenvalue weighted by Crippen LogP contribution is 2.35. The van der Waals surface area contributed by atoms with Gasteiger partial charge in [0.25, 0.3) is 0 Å². The van der Waals surface area contributed by atoms with E-state index >= 15 is 0 Å². The predicted octanol–water partition coefficient (Wildman–Crippen LogP) is 5.51. The maximum absolute atomic E-state index is 5.75. The van der Waals surface area contributed by atoms with E-state index in [0.717, 1.165) is 36.0 Å². The Morgan fingerprint density at radius 3 is 2.70 bits per heavy atom. The van der Waals surface area contributed by atoms with Crippen molar-refractivity contribution >= 4 is 0 Å². The smallest absolute Gasteiger partial charge is 0.231 e. The Bertz CT molecular complexity index is 570. The van der Waals surface area contributed by atoms with Crippen molar-refractivity contribution in [2.24, 2.45) is 5.92 Å². The SMILES string of the molecule is C/C(=C\COc1ccc2c(c1)OCO2)CC/C=C(\C)CC(C)C. The first-order chi connectivity index (χ1) is 11.0. The Kier molecular flexibility index (Phi) is 6.57. The molecule has 0 radical (unpaired) electrons. The number of hydrogen-bond donors (Lipinski definition) is 0. The highest BCUT2D eigenvalue weighted by molar-refractivity contribution is 5.46. The van der Waals surface area contributed by atoms with Crippen molar-refractivity contribution in [1.82, 2.24) is 0 Å². The maximum atomic E-state index is 5.75. The minimum Gasteiger partial charge on any atom is -0.489 e. The molecule has 3 nitrogen and oxygen atoms in total. The lowest BCUT2D eigenvalue weighted by atomic mass is 10.0. The molecular weight excluding hydrogens is 288 g/mol. The van der Waals surface area contributed by atoms with Crippen LogP contribution in [0.4, 0.5) is 0 Å². The standard InChI is InChI=1S/C20H28O3/c1-15(2)12-17(4)7-5-6-16(3)10-11-21-18-8-9-19-20(13-18)23-14-22-19/h7-10,13,15H,5-6,11-12,14H2,1-4H3/b16-10+,17-7+. The predicted molar refractivity (Wildman–Crippen MR) is 94.3 cm³/mol. The second-order valence-electron chi connectivity index (χ2n) is 6.56. The number of fused-ring (bicyclic) bond motifs is 1. The largest absolute Gasteiger partial charge is 0.489 e. The molecule has 0 N–H and O–H groups in total. The number of allylic oxidation sites excluding steroid dienone is 3. The Labute approximate surface area is 139 Å². The van der Waals surface area contributed by atoms with E-state index in [9.17, 15) is 0 Å². The van der Waals surface area contributed by atoms with Crippen LogP contribution in [0.2, 0.25) is 0 Å². The van der Waals surface area contributed by atoms with Crippen LogP contribution >= 0.6 is 0 Å². The number of hydrogen-bond acceptors (Lipinski definition) is 3. The fourth-order valence-corrected chi connectivity index (χ4v) is 2.62. The van der Waals surface area contributed by atoms with E-state index in [1.165, 1.54) is 17.6 Å². The Balaban J connectivity index is 1.72. The quantitative estimate of drug-likeness (QED) is 0.592. The normalized spacial score (nSPS) is 14.5. The van der Waals surface area contributed by atoms with Gasteiger partial charge in [-0.2, -0.15) is 0 Å². The van der Waals surface area contributed by atoms with Crippen LogP contribution in [0.1, 0.15) is 47.0 Å². The molecule has 1 heterocycles. The highest BCUT2D eigenvalue weighted by atomic mass is 16.7. The minimum atomic E-state index is 0.293. The molecule has 0 saturated carbocycles. The van der Waals surface area contributed by atoms with Crippen LogP contribution in [-0.4, -0.2) is 13.4 Å². The average molecular weight is 316 g/mol. The van der Waals surface area contributed by atoms with Crippen LogP contribution in [0.5, 0.6) is 17.2 Å². The first-order valence-electron chi connectivity index (χ1n) is 8.38. The van der Waals surface area contributed by atoms with Crippen LogP contribution in [0, 0.1) is 5.92 Å². The Morgan fingerprint density at radius 2 is 1.91 bits per heavy atom. The third kappa shape index (κ3) is 6.01. The molecule has 0 spiro atoms. The van der Waals surface area contributed by atoms with Gasteiger partial charge in [-0.05, 0) is 57.2 Å². The zero-order valence-corrected chi connectivity index (χ0v) is 14.7. The molecule has 0 fully saturated rings. The minimum absolute atomic E-state index is 0.293. The maximum Gasteiger partial charge on any atom is 0.231 e. The van der Waals surface area contributed by atoms with Gasteiger partial charge < -0.3 is 14.2 Å². The molecule has 0 unspecified atom stereocenters. The summed E-state index contributed by atoms with van der Waals surface area (Å²) in [5.41, 5.74) is 2.85. The van der Waals surface area contributed by atoms with Crippen molar-refractivity contribution in [2.45, 2.75) is 47.0 Å². The number of ether oxygens (including phenoxy) is 3. The van der Waals surface area contributed by atoms with Crippen molar-refractivity contribution in [3.63, 3.8) is 0 Å². The third-order valence-electron chi connectivity index (χ3n) is 3.79. The highest BCUT2D eigenvalue weighted by Gasteiger charge is 2.13. The van der Waals surface area contributed by atoms with Gasteiger partial charge in [0.1, 0.15) is 12.4 Å². The van der Waals surface area contributed by atoms with Gasteiger partial charge in [0.15, 0.2) is 11.5 Å². The zero-order valence-electron chi connectivity index (χ0n) is 14.7. The summed E-state index contributed by atoms with van der Waals surface area (Å²) in [5, 5.41) is 0. The summed E-state index contributed by atoms with van der Waals surface area (Å²) < 4.78 is 16.4. The van der Waals surface area contributed by atoms with Gasteiger partial charge >= 0.3 is 0 Å². The molecule has 1 aromatic carbocycles. The van der Waals surface area contributed by atoms with Gasteiger partial charge in [0, 0.05) is 6.07 Å². The Morgan fingerprint density at radius 1 is 1.13 bits per heavy atom. The molecule has 1 aliphatic heterocycles. The molecular formula is C20H28O3. The van der Waals surface area contributed by atoms with Gasteiger partial charge in [0.05, 0.1) is 0 Å². The molecule has 0 amide bonds. The van der Waals surface area contributed by atoms with Crippen LogP contribution < -0.4 is 14.2 Å². The number of rotatable bonds is 8. The summed E-state index contributed by atoms with van der Waals surface area (Å²) in [6.07, 6.45) is 7.88. The number of benzene rings is 1. The van der Waals surface area contributed by atoms with E-state index in [1.54, 1.807) is 0 Å². The first-order valence-corrected chi connectivity index (χ1v) is 8.38. The van der Waals surface area contributed by atoms with Crippen LogP contribution in [0.25, 0.3) is 0 Å². The molecule has 0 atom stereocenters. The Hall–Kier alpha value is -1.90. The van der Waals surface area contributed by atoms with Crippen LogP contribution in [-0.2, 0) is 0 Å². The van der Waals surface area contributed by atoms with Gasteiger partial charge in [-0.25, -0.2) is 0 Å². The molecule has 0 bridgehead atoms. The average Bonchev–Trinajstić information content (AvgIpc) is 2.94. The summed E-state index contributed by atoms with van der Waals surface area (Å²) >= 11 is 0. The van der Waals surface area contributed by atoms with E-state index in [0.29, 0.717) is 13.4 Å². The summed E-state index contributed by atoms with van der Waals surface area (Å²) in [6.45, 7) is 9.78. The molecule has 0 aromatic heterocycles. The topological polar surface area (TPSA) is 27.7 Å². The van der Waals surface area contributed by atoms with Gasteiger partial charge in [-0.15, -0.1) is 0 Å². The van der Waals surface area contributed by atoms with E-state index in [-0.39, 0.29) is 0 Å². The second-order valence-corrected chi connectivity index (χ2v) is 6.56. The van der Waals surface area contributed by atoms with Crippen molar-refractivity contribution in [1.29, 1.82) is 0 Å². The molecule has 3 heteroatoms. The van der Waals surface area contributed by atoms with Crippen molar-refractivity contribution < 1.29 is 14.2 Å². The molecule has 0 aliphatic carbocycles. The molecule has 23 heavy (non-hydrogen) atoms. The lowest BCUT2D eigenvalue weighted by Crippen LogP contribution is -1.95. The van der Waals surface area contributed by atoms with E-state index < -0.39 is 0 Å². The molecule has 2 rings (SSSR count). The summed E-state index contributed by atoms with van der Waals surface area (Å²) in [7, 11) is 0. The lowest BCUT2D eigenvalue weighted by molar-refractivity contribution is 0.174. The lowest BCUT2D eigenvalue weighted by Gasteiger charge is -2.06. The molecule has 1 aliphatic rings. The van der Waals surface area contributed by atoms with Crippen LogP contribution in [0.15, 0.2) is 41.5 Å². The second kappa shape index (κ2) is 8.66. The fraction of sp³-hybridized carbons (Fsp3) is 0.500. The summed E-state index contributed by atoms with van der Waals surface area (Å²) in [6, 6.07) is 5.68. The first kappa shape index (κ1) is 17.5. The zero-order chi connectivity index (χ0) is 16.7. The summed E-state index contributed by atoms with van der Waals surface area (Å²) in [4.78, 5) is 0. The van der Waals surface area contributed by atoms with E-state index in [2.05, 4.69) is 39.8 Å². The van der Waals surface area contributed by atoms with Crippen LogP contribution in [0.3, 0.4) is 0 Å². The van der Waals surface area contributed by atoms with E-state index in [1.807, 2.05) is 18.2 Å². The van der Waals surface area contributed by atoms with E-state index in [4.69, 9.17) is 14.2 Å². The molecule has 1 aromatic rings. The molecule has 0 saturated heterocycles. The van der Waals surface area contributed by atoms with Crippen molar-refractivity contribution in [3.05, 3.63) is 41.5 Å². The fourth-order valence-electron chi connectivity index (χ4n) is 2.62.